The van der Waals surface area contributed by atoms with E-state index in [0.717, 1.165) is 17.2 Å². The number of hydrogen-bond acceptors (Lipinski definition) is 6. The third-order valence-corrected chi connectivity index (χ3v) is 6.08. The molecule has 1 heterocycles. The number of sulfonamides is 1. The number of nitrogens with one attached hydrogen (secondary N) is 1. The Labute approximate surface area is 184 Å². The number of rotatable bonds is 6. The third-order valence-electron chi connectivity index (χ3n) is 4.69. The minimum absolute atomic E-state index is 0.0207. The molecule has 32 heavy (non-hydrogen) atoms. The lowest BCUT2D eigenvalue weighted by Crippen LogP contribution is -2.13. The first-order valence-electron chi connectivity index (χ1n) is 9.55. The van der Waals surface area contributed by atoms with E-state index in [0.29, 0.717) is 17.9 Å². The first-order chi connectivity index (χ1) is 15.3. The molecule has 0 saturated heterocycles. The molecule has 9 heteroatoms. The van der Waals surface area contributed by atoms with Gasteiger partial charge < -0.3 is 4.42 Å². The normalized spacial score (nSPS) is 11.2. The van der Waals surface area contributed by atoms with Crippen molar-refractivity contribution in [2.24, 2.45) is 0 Å². The Balaban J connectivity index is 1.57. The molecule has 4 aromatic rings. The van der Waals surface area contributed by atoms with Crippen LogP contribution in [0.4, 0.5) is 10.1 Å². The van der Waals surface area contributed by atoms with Gasteiger partial charge in [0.15, 0.2) is 0 Å². The highest BCUT2D eigenvalue weighted by Gasteiger charge is 2.18. The maximum atomic E-state index is 14.4. The van der Waals surface area contributed by atoms with Gasteiger partial charge in [0.05, 0.1) is 28.5 Å². The van der Waals surface area contributed by atoms with Crippen molar-refractivity contribution in [1.82, 2.24) is 10.2 Å². The summed E-state index contributed by atoms with van der Waals surface area (Å²) in [5.74, 6) is -0.368. The van der Waals surface area contributed by atoms with Crippen LogP contribution in [0.2, 0.25) is 0 Å². The first-order valence-corrected chi connectivity index (χ1v) is 11.0. The van der Waals surface area contributed by atoms with Crippen LogP contribution in [0, 0.1) is 24.1 Å². The van der Waals surface area contributed by atoms with Gasteiger partial charge in [-0.1, -0.05) is 29.8 Å². The average molecular weight is 448 g/mol. The van der Waals surface area contributed by atoms with Crippen molar-refractivity contribution in [3.63, 3.8) is 0 Å². The van der Waals surface area contributed by atoms with Crippen molar-refractivity contribution in [2.45, 2.75) is 18.2 Å². The van der Waals surface area contributed by atoms with E-state index in [1.54, 1.807) is 0 Å². The molecule has 0 bridgehead atoms. The minimum Gasteiger partial charge on any atom is -0.420 e. The smallest absolute Gasteiger partial charge is 0.261 e. The fourth-order valence-corrected chi connectivity index (χ4v) is 4.04. The Morgan fingerprint density at radius 3 is 2.44 bits per heavy atom. The van der Waals surface area contributed by atoms with Gasteiger partial charge in [0.2, 0.25) is 5.89 Å². The van der Waals surface area contributed by atoms with Gasteiger partial charge in [-0.05, 0) is 55.0 Å². The summed E-state index contributed by atoms with van der Waals surface area (Å²) in [6, 6.07) is 18.9. The summed E-state index contributed by atoms with van der Waals surface area (Å²) >= 11 is 0. The number of anilines is 1. The molecule has 3 aromatic carbocycles. The Kier molecular flexibility index (Phi) is 5.71. The van der Waals surface area contributed by atoms with Gasteiger partial charge in [0.25, 0.3) is 15.9 Å². The van der Waals surface area contributed by atoms with E-state index in [1.807, 2.05) is 37.3 Å². The zero-order valence-corrected chi connectivity index (χ0v) is 17.7. The summed E-state index contributed by atoms with van der Waals surface area (Å²) in [5, 5.41) is 16.7. The van der Waals surface area contributed by atoms with Crippen LogP contribution in [-0.4, -0.2) is 18.6 Å². The van der Waals surface area contributed by atoms with Crippen LogP contribution in [0.5, 0.6) is 0 Å². The largest absolute Gasteiger partial charge is 0.420 e. The Bertz CT molecular complexity index is 1410. The van der Waals surface area contributed by atoms with E-state index in [-0.39, 0.29) is 22.0 Å². The molecule has 4 rings (SSSR count). The quantitative estimate of drug-likeness (QED) is 0.467. The summed E-state index contributed by atoms with van der Waals surface area (Å²) in [4.78, 5) is -0.0273. The van der Waals surface area contributed by atoms with Crippen molar-refractivity contribution in [1.29, 1.82) is 5.26 Å². The molecule has 0 fully saturated rings. The topological polar surface area (TPSA) is 109 Å². The number of aryl methyl sites for hydroxylation is 1. The van der Waals surface area contributed by atoms with Crippen molar-refractivity contribution in [2.75, 3.05) is 4.72 Å². The van der Waals surface area contributed by atoms with E-state index in [1.165, 1.54) is 36.4 Å². The molecule has 0 radical (unpaired) electrons. The summed E-state index contributed by atoms with van der Waals surface area (Å²) in [7, 11) is -3.94. The SMILES string of the molecule is Cc1ccc(Cc2nnc(-c3cc(NS(=O)(=O)c4ccc(C#N)cc4)ccc3F)o2)cc1. The zero-order valence-electron chi connectivity index (χ0n) is 16.9. The molecule has 0 amide bonds. The monoisotopic (exact) mass is 448 g/mol. The van der Waals surface area contributed by atoms with E-state index in [2.05, 4.69) is 14.9 Å². The summed E-state index contributed by atoms with van der Waals surface area (Å²) < 4.78 is 47.7. The Morgan fingerprint density at radius 1 is 1.03 bits per heavy atom. The Morgan fingerprint density at radius 2 is 1.75 bits per heavy atom. The van der Waals surface area contributed by atoms with Crippen LogP contribution < -0.4 is 4.72 Å². The number of nitrogens with zero attached hydrogens (tertiary/aromatic N) is 3. The fraction of sp³-hybridized carbons (Fsp3) is 0.0870. The lowest BCUT2D eigenvalue weighted by Gasteiger charge is -2.09. The molecule has 0 aliphatic rings. The number of hydrogen-bond donors (Lipinski definition) is 1. The third kappa shape index (κ3) is 4.66. The van der Waals surface area contributed by atoms with Gasteiger partial charge in [0.1, 0.15) is 5.82 Å². The molecule has 1 aromatic heterocycles. The number of nitriles is 1. The molecule has 0 atom stereocenters. The van der Waals surface area contributed by atoms with E-state index < -0.39 is 15.8 Å². The van der Waals surface area contributed by atoms with Gasteiger partial charge in [-0.25, -0.2) is 12.8 Å². The summed E-state index contributed by atoms with van der Waals surface area (Å²) in [6.07, 6.45) is 0.389. The van der Waals surface area contributed by atoms with E-state index in [4.69, 9.17) is 9.68 Å². The first kappa shape index (κ1) is 21.2. The van der Waals surface area contributed by atoms with Crippen LogP contribution in [0.15, 0.2) is 76.0 Å². The summed E-state index contributed by atoms with van der Waals surface area (Å²) in [5.41, 5.74) is 2.54. The van der Waals surface area contributed by atoms with Gasteiger partial charge in [-0.3, -0.25) is 4.72 Å². The standard InChI is InChI=1S/C23H17FN4O3S/c1-15-2-4-16(5-3-15)12-22-26-27-23(31-22)20-13-18(8-11-21(20)24)28-32(29,30)19-9-6-17(14-25)7-10-19/h2-11,13,28H,12H2,1H3. The highest BCUT2D eigenvalue weighted by atomic mass is 32.2. The van der Waals surface area contributed by atoms with Crippen LogP contribution in [-0.2, 0) is 16.4 Å². The van der Waals surface area contributed by atoms with Crippen molar-refractivity contribution in [3.8, 4) is 17.5 Å². The molecule has 0 spiro atoms. The second kappa shape index (κ2) is 8.61. The molecule has 0 saturated carbocycles. The lowest BCUT2D eigenvalue weighted by molar-refractivity contribution is 0.513. The molecule has 0 aliphatic carbocycles. The van der Waals surface area contributed by atoms with Crippen LogP contribution in [0.25, 0.3) is 11.5 Å². The fourth-order valence-electron chi connectivity index (χ4n) is 2.99. The molecule has 1 N–H and O–H groups in total. The minimum atomic E-state index is -3.94. The zero-order chi connectivity index (χ0) is 22.7. The summed E-state index contributed by atoms with van der Waals surface area (Å²) in [6.45, 7) is 1.99. The highest BCUT2D eigenvalue weighted by Crippen LogP contribution is 2.27. The molecule has 7 nitrogen and oxygen atoms in total. The lowest BCUT2D eigenvalue weighted by atomic mass is 10.1. The molecule has 0 unspecified atom stereocenters. The van der Waals surface area contributed by atoms with Gasteiger partial charge in [-0.2, -0.15) is 5.26 Å². The molecular weight excluding hydrogens is 431 g/mol. The molecule has 160 valence electrons. The maximum absolute atomic E-state index is 14.4. The molecule has 0 aliphatic heterocycles. The van der Waals surface area contributed by atoms with Crippen molar-refractivity contribution < 1.29 is 17.2 Å². The van der Waals surface area contributed by atoms with Crippen molar-refractivity contribution in [3.05, 3.63) is 95.1 Å². The number of halogens is 1. The van der Waals surface area contributed by atoms with Gasteiger partial charge >= 0.3 is 0 Å². The number of benzene rings is 3. The van der Waals surface area contributed by atoms with Gasteiger partial charge in [-0.15, -0.1) is 10.2 Å². The van der Waals surface area contributed by atoms with Crippen LogP contribution >= 0.6 is 0 Å². The predicted octanol–water partition coefficient (Wildman–Crippen LogP) is 4.45. The van der Waals surface area contributed by atoms with Crippen molar-refractivity contribution >= 4 is 15.7 Å². The second-order valence-corrected chi connectivity index (χ2v) is 8.78. The Hall–Kier alpha value is -4.03. The average Bonchev–Trinajstić information content (AvgIpc) is 3.25. The molecular formula is C23H17FN4O3S. The predicted molar refractivity (Wildman–Crippen MR) is 116 cm³/mol. The van der Waals surface area contributed by atoms with Crippen LogP contribution in [0.1, 0.15) is 22.6 Å². The van der Waals surface area contributed by atoms with E-state index >= 15 is 0 Å². The second-order valence-electron chi connectivity index (χ2n) is 7.10. The van der Waals surface area contributed by atoms with Crippen LogP contribution in [0.3, 0.4) is 0 Å². The maximum Gasteiger partial charge on any atom is 0.261 e. The van der Waals surface area contributed by atoms with E-state index in [9.17, 15) is 12.8 Å². The highest BCUT2D eigenvalue weighted by molar-refractivity contribution is 7.92. The van der Waals surface area contributed by atoms with Gasteiger partial charge in [0, 0.05) is 5.69 Å². The number of aromatic nitrogens is 2.